The van der Waals surface area contributed by atoms with Crippen molar-refractivity contribution in [2.24, 2.45) is 0 Å². The van der Waals surface area contributed by atoms with E-state index in [4.69, 9.17) is 0 Å². The zero-order valence-corrected chi connectivity index (χ0v) is 45.0. The molecule has 368 valence electrons. The Labute approximate surface area is 459 Å². The summed E-state index contributed by atoms with van der Waals surface area (Å²) >= 11 is 3.78. The molecule has 17 rings (SSSR count). The molecule has 0 bridgehead atoms. The van der Waals surface area contributed by atoms with E-state index in [-0.39, 0.29) is 10.8 Å². The minimum absolute atomic E-state index is 0.300. The van der Waals surface area contributed by atoms with E-state index in [2.05, 4.69) is 229 Å². The molecule has 4 nitrogen and oxygen atoms in total. The van der Waals surface area contributed by atoms with E-state index in [1.165, 1.54) is 151 Å². The van der Waals surface area contributed by atoms with Crippen LogP contribution in [-0.2, 0) is 10.8 Å². The predicted molar refractivity (Wildman–Crippen MR) is 334 cm³/mol. The third-order valence-corrected chi connectivity index (χ3v) is 20.0. The monoisotopic (exact) mass is 1030 g/mol. The van der Waals surface area contributed by atoms with Crippen molar-refractivity contribution in [1.82, 2.24) is 9.97 Å². The number of nitrogens with zero attached hydrogens (tertiary/aromatic N) is 4. The summed E-state index contributed by atoms with van der Waals surface area (Å²) in [7, 11) is 0. The number of anilines is 6. The maximum Gasteiger partial charge on any atom is 0.0540 e. The Morgan fingerprint density at radius 3 is 1.14 bits per heavy atom. The molecule has 6 heterocycles. The Morgan fingerprint density at radius 2 is 0.692 bits per heavy atom. The van der Waals surface area contributed by atoms with Gasteiger partial charge in [0.05, 0.1) is 34.1 Å². The van der Waals surface area contributed by atoms with Gasteiger partial charge in [-0.2, -0.15) is 0 Å². The lowest BCUT2D eigenvalue weighted by atomic mass is 9.72. The summed E-state index contributed by atoms with van der Waals surface area (Å²) in [4.78, 5) is 14.2. The number of hydrogen-bond donors (Lipinski definition) is 0. The highest BCUT2D eigenvalue weighted by atomic mass is 32.1. The molecule has 4 aromatic heterocycles. The SMILES string of the molecule is CC1(C)c2cc(-c3cccnc3)ccc2N(c2ccc3c4ccc(N5c6ccc(-c7cccnc7)cc6C(C)(C)c6cc7c(cc65)sc5ccccc57)c5cccc(c6cccc2c63)c54)c2cc3sc4ccccc4c3cc21. The van der Waals surface area contributed by atoms with Crippen LogP contribution in [-0.4, -0.2) is 9.97 Å². The van der Waals surface area contributed by atoms with Crippen LogP contribution in [0, 0.1) is 0 Å². The van der Waals surface area contributed by atoms with E-state index in [9.17, 15) is 0 Å². The third-order valence-electron chi connectivity index (χ3n) is 17.7. The molecule has 0 amide bonds. The van der Waals surface area contributed by atoms with Crippen molar-refractivity contribution < 1.29 is 0 Å². The molecule has 11 aromatic carbocycles. The Bertz CT molecular complexity index is 4710. The highest BCUT2D eigenvalue weighted by Crippen LogP contribution is 2.59. The molecule has 0 spiro atoms. The first-order chi connectivity index (χ1) is 38.2. The zero-order chi connectivity index (χ0) is 51.8. The molecular weight excluding hydrogens is 985 g/mol. The largest absolute Gasteiger partial charge is 0.309 e. The first-order valence-electron chi connectivity index (χ1n) is 26.9. The van der Waals surface area contributed by atoms with Crippen molar-refractivity contribution in [3.8, 4) is 22.3 Å². The van der Waals surface area contributed by atoms with E-state index in [0.717, 1.165) is 11.1 Å². The number of pyridine rings is 2. The van der Waals surface area contributed by atoms with Gasteiger partial charge in [0.2, 0.25) is 0 Å². The van der Waals surface area contributed by atoms with Crippen molar-refractivity contribution in [3.05, 3.63) is 241 Å². The van der Waals surface area contributed by atoms with Gasteiger partial charge in [-0.05, 0) is 162 Å². The zero-order valence-electron chi connectivity index (χ0n) is 43.4. The topological polar surface area (TPSA) is 32.3 Å². The molecule has 6 heteroatoms. The molecular formula is C72H48N4S2. The highest BCUT2D eigenvalue weighted by Gasteiger charge is 2.41. The Morgan fingerprint density at radius 1 is 0.295 bits per heavy atom. The van der Waals surface area contributed by atoms with Crippen LogP contribution < -0.4 is 9.80 Å². The maximum atomic E-state index is 4.53. The number of benzene rings is 11. The summed E-state index contributed by atoms with van der Waals surface area (Å²) in [5.41, 5.74) is 16.4. The van der Waals surface area contributed by atoms with E-state index in [1.54, 1.807) is 0 Å². The van der Waals surface area contributed by atoms with Crippen LogP contribution in [0.5, 0.6) is 0 Å². The normalized spacial score (nSPS) is 14.6. The first kappa shape index (κ1) is 44.2. The molecule has 78 heavy (non-hydrogen) atoms. The molecule has 0 saturated carbocycles. The molecule has 0 radical (unpaired) electrons. The number of rotatable bonds is 4. The quantitative estimate of drug-likeness (QED) is 0.130. The summed E-state index contributed by atoms with van der Waals surface area (Å²) in [5.74, 6) is 0. The second-order valence-corrected chi connectivity index (χ2v) is 24.7. The van der Waals surface area contributed by atoms with Crippen LogP contribution in [0.1, 0.15) is 49.9 Å². The lowest BCUT2D eigenvalue weighted by Crippen LogP contribution is -2.30. The second-order valence-electron chi connectivity index (χ2n) is 22.5. The van der Waals surface area contributed by atoms with Crippen LogP contribution in [0.15, 0.2) is 219 Å². The van der Waals surface area contributed by atoms with Crippen molar-refractivity contribution in [2.45, 2.75) is 38.5 Å². The number of hydrogen-bond acceptors (Lipinski definition) is 6. The van der Waals surface area contributed by atoms with Gasteiger partial charge in [-0.3, -0.25) is 9.97 Å². The second kappa shape index (κ2) is 15.8. The summed E-state index contributed by atoms with van der Waals surface area (Å²) in [5, 5.41) is 15.4. The van der Waals surface area contributed by atoms with Gasteiger partial charge >= 0.3 is 0 Å². The Hall–Kier alpha value is -8.94. The summed E-state index contributed by atoms with van der Waals surface area (Å²) < 4.78 is 5.23. The van der Waals surface area contributed by atoms with E-state index in [0.29, 0.717) is 0 Å². The van der Waals surface area contributed by atoms with E-state index >= 15 is 0 Å². The summed E-state index contributed by atoms with van der Waals surface area (Å²) in [6.45, 7) is 9.63. The molecule has 0 aliphatic carbocycles. The molecule has 2 aliphatic rings. The van der Waals surface area contributed by atoms with Crippen LogP contribution in [0.4, 0.5) is 34.1 Å². The standard InChI is InChI=1S/C72H48N4S2/c1-71(2)55-33-41(43-13-11-31-73-39-43)23-27-61(55)75(63-37-67-53(35-57(63)71)45-15-5-7-21-65(45)77-67)59-29-25-49-50-26-30-60(52-20-10-18-48(70(50)52)47-17-9-19-51(59)69(47)49)76-62-28-24-42(44-14-12-32-74-40-44)34-56(62)72(3,4)58-36-54-46-16-6-8-22-66(46)78-68(54)38-64(58)76/h5-40H,1-4H3. The lowest BCUT2D eigenvalue weighted by molar-refractivity contribution is 0.633. The molecule has 2 aliphatic heterocycles. The molecule has 0 atom stereocenters. The van der Waals surface area contributed by atoms with Crippen molar-refractivity contribution in [2.75, 3.05) is 9.80 Å². The molecule has 0 unspecified atom stereocenters. The smallest absolute Gasteiger partial charge is 0.0540 e. The van der Waals surface area contributed by atoms with Crippen LogP contribution in [0.3, 0.4) is 0 Å². The van der Waals surface area contributed by atoms with Gasteiger partial charge in [0.25, 0.3) is 0 Å². The number of fused-ring (bicyclic) bond motifs is 12. The van der Waals surface area contributed by atoms with Crippen LogP contribution >= 0.6 is 22.7 Å². The minimum Gasteiger partial charge on any atom is -0.309 e. The molecule has 0 saturated heterocycles. The van der Waals surface area contributed by atoms with Crippen molar-refractivity contribution >= 4 is 140 Å². The average molecular weight is 1030 g/mol. The minimum atomic E-state index is -0.300. The Kier molecular flexibility index (Phi) is 8.97. The molecule has 15 aromatic rings. The molecule has 0 fully saturated rings. The van der Waals surface area contributed by atoms with Gasteiger partial charge in [0.1, 0.15) is 0 Å². The van der Waals surface area contributed by atoms with Gasteiger partial charge in [-0.1, -0.05) is 137 Å². The van der Waals surface area contributed by atoms with E-state index in [1.807, 2.05) is 59.6 Å². The fourth-order valence-corrected chi connectivity index (χ4v) is 16.2. The fourth-order valence-electron chi connectivity index (χ4n) is 13.9. The van der Waals surface area contributed by atoms with Crippen LogP contribution in [0.25, 0.3) is 106 Å². The Balaban J connectivity index is 0.903. The fraction of sp³-hybridized carbons (Fsp3) is 0.0833. The highest BCUT2D eigenvalue weighted by molar-refractivity contribution is 7.26. The maximum absolute atomic E-state index is 4.53. The van der Waals surface area contributed by atoms with Crippen molar-refractivity contribution in [1.29, 1.82) is 0 Å². The predicted octanol–water partition coefficient (Wildman–Crippen LogP) is 20.8. The lowest BCUT2D eigenvalue weighted by Gasteiger charge is -2.43. The van der Waals surface area contributed by atoms with Gasteiger partial charge in [0.15, 0.2) is 0 Å². The van der Waals surface area contributed by atoms with Gasteiger partial charge in [-0.15, -0.1) is 22.7 Å². The van der Waals surface area contributed by atoms with Gasteiger partial charge < -0.3 is 9.80 Å². The average Bonchev–Trinajstić information content (AvgIpc) is 4.01. The molecule has 0 N–H and O–H groups in total. The first-order valence-corrected chi connectivity index (χ1v) is 28.6. The summed E-state index contributed by atoms with van der Waals surface area (Å²) in [6, 6.07) is 73.9. The van der Waals surface area contributed by atoms with Crippen LogP contribution in [0.2, 0.25) is 0 Å². The third kappa shape index (κ3) is 5.99. The van der Waals surface area contributed by atoms with Gasteiger partial charge in [-0.25, -0.2) is 0 Å². The van der Waals surface area contributed by atoms with Gasteiger partial charge in [0, 0.05) is 86.7 Å². The number of aromatic nitrogens is 2. The van der Waals surface area contributed by atoms with Crippen molar-refractivity contribution in [3.63, 3.8) is 0 Å². The summed E-state index contributed by atoms with van der Waals surface area (Å²) in [6.07, 6.45) is 7.66. The number of thiophene rings is 2. The van der Waals surface area contributed by atoms with E-state index < -0.39 is 0 Å².